The number of nitrogens with one attached hydrogen (secondary N) is 1. The van der Waals surface area contributed by atoms with Crippen LogP contribution >= 0.6 is 36.4 Å². The van der Waals surface area contributed by atoms with Crippen molar-refractivity contribution in [1.29, 1.82) is 0 Å². The molecule has 0 saturated carbocycles. The minimum absolute atomic E-state index is 0. The summed E-state index contributed by atoms with van der Waals surface area (Å²) in [6, 6.07) is 14.2. The smallest absolute Gasteiger partial charge is 0.154 e. The van der Waals surface area contributed by atoms with Crippen molar-refractivity contribution in [1.82, 2.24) is 9.97 Å². The second-order valence-electron chi connectivity index (χ2n) is 8.93. The molecule has 0 saturated heterocycles. The molecule has 0 aliphatic rings. The third-order valence-electron chi connectivity index (χ3n) is 5.30. The van der Waals surface area contributed by atoms with Crippen molar-refractivity contribution in [3.05, 3.63) is 64.4 Å². The minimum Gasteiger partial charge on any atom is -0.369 e. The standard InChI is InChI=1S/C26H33ClN4.2ClH/c1-26(2,3)20-11-14-23-22(18-20)25(29-17-7-5-4-6-16-28)31-24(30-23)15-10-19-8-12-21(27)13-9-19;;/h8-15,18H,4-7,16-17,28H2,1-3H3,(H,29,30,31);2*1H/b15-10+;;. The second-order valence-corrected chi connectivity index (χ2v) is 9.36. The number of benzene rings is 2. The predicted molar refractivity (Wildman–Crippen MR) is 149 cm³/mol. The predicted octanol–water partition coefficient (Wildman–Crippen LogP) is 7.53. The third kappa shape index (κ3) is 8.78. The van der Waals surface area contributed by atoms with Gasteiger partial charge in [-0.1, -0.05) is 69.5 Å². The van der Waals surface area contributed by atoms with Crippen molar-refractivity contribution < 1.29 is 0 Å². The number of hydrogen-bond acceptors (Lipinski definition) is 4. The maximum Gasteiger partial charge on any atom is 0.154 e. The van der Waals surface area contributed by atoms with Gasteiger partial charge in [0.05, 0.1) is 5.52 Å². The number of nitrogens with zero attached hydrogens (tertiary/aromatic N) is 2. The number of nitrogens with two attached hydrogens (primary N) is 1. The molecule has 0 radical (unpaired) electrons. The topological polar surface area (TPSA) is 63.8 Å². The lowest BCUT2D eigenvalue weighted by molar-refractivity contribution is 0.591. The van der Waals surface area contributed by atoms with Crippen molar-refractivity contribution in [2.24, 2.45) is 5.73 Å². The molecular weight excluding hydrogens is 475 g/mol. The van der Waals surface area contributed by atoms with Gasteiger partial charge in [0.15, 0.2) is 5.82 Å². The van der Waals surface area contributed by atoms with Crippen LogP contribution in [0.3, 0.4) is 0 Å². The van der Waals surface area contributed by atoms with Crippen molar-refractivity contribution in [2.45, 2.75) is 51.9 Å². The summed E-state index contributed by atoms with van der Waals surface area (Å²) >= 11 is 5.98. The zero-order valence-corrected chi connectivity index (χ0v) is 22.0. The Kier molecular flexibility index (Phi) is 12.2. The number of rotatable bonds is 9. The van der Waals surface area contributed by atoms with E-state index in [0.29, 0.717) is 5.82 Å². The summed E-state index contributed by atoms with van der Waals surface area (Å²) in [6.45, 7) is 8.33. The summed E-state index contributed by atoms with van der Waals surface area (Å²) in [4.78, 5) is 9.62. The first-order valence-electron chi connectivity index (χ1n) is 11.1. The van der Waals surface area contributed by atoms with Gasteiger partial charge in [0.25, 0.3) is 0 Å². The molecule has 0 unspecified atom stereocenters. The van der Waals surface area contributed by atoms with E-state index in [1.807, 2.05) is 36.4 Å². The van der Waals surface area contributed by atoms with Gasteiger partial charge < -0.3 is 11.1 Å². The molecule has 2 aromatic carbocycles. The molecule has 0 aliphatic heterocycles. The largest absolute Gasteiger partial charge is 0.369 e. The van der Waals surface area contributed by atoms with Crippen molar-refractivity contribution in [2.75, 3.05) is 18.4 Å². The summed E-state index contributed by atoms with van der Waals surface area (Å²) in [6.07, 6.45) is 8.49. The number of aromatic nitrogens is 2. The van der Waals surface area contributed by atoms with Gasteiger partial charge in [-0.2, -0.15) is 0 Å². The molecule has 0 spiro atoms. The van der Waals surface area contributed by atoms with E-state index in [9.17, 15) is 0 Å². The first-order chi connectivity index (χ1) is 14.9. The average molecular weight is 510 g/mol. The molecule has 3 rings (SSSR count). The number of fused-ring (bicyclic) bond motifs is 1. The first-order valence-corrected chi connectivity index (χ1v) is 11.4. The monoisotopic (exact) mass is 508 g/mol. The summed E-state index contributed by atoms with van der Waals surface area (Å²) in [7, 11) is 0. The lowest BCUT2D eigenvalue weighted by atomic mass is 9.86. The van der Waals surface area contributed by atoms with Crippen molar-refractivity contribution >= 4 is 65.3 Å². The molecule has 0 atom stereocenters. The van der Waals surface area contributed by atoms with E-state index in [1.54, 1.807) is 0 Å². The van der Waals surface area contributed by atoms with Crippen LogP contribution in [0, 0.1) is 0 Å². The molecule has 1 aromatic heterocycles. The molecule has 3 aromatic rings. The van der Waals surface area contributed by atoms with E-state index in [1.165, 1.54) is 18.4 Å². The summed E-state index contributed by atoms with van der Waals surface area (Å²) in [5.41, 5.74) is 8.95. The molecule has 0 bridgehead atoms. The fourth-order valence-electron chi connectivity index (χ4n) is 3.40. The zero-order valence-electron chi connectivity index (χ0n) is 19.6. The molecular formula is C26H35Cl3N4. The van der Waals surface area contributed by atoms with Gasteiger partial charge in [-0.25, -0.2) is 9.97 Å². The van der Waals surface area contributed by atoms with Gasteiger partial charge in [-0.15, -0.1) is 24.8 Å². The molecule has 1 heterocycles. The van der Waals surface area contributed by atoms with Gasteiger partial charge in [-0.3, -0.25) is 0 Å². The van der Waals surface area contributed by atoms with Gasteiger partial charge >= 0.3 is 0 Å². The molecule has 0 amide bonds. The average Bonchev–Trinajstić information content (AvgIpc) is 2.74. The van der Waals surface area contributed by atoms with Crippen LogP contribution in [0.2, 0.25) is 5.02 Å². The van der Waals surface area contributed by atoms with Gasteiger partial charge in [0.2, 0.25) is 0 Å². The summed E-state index contributed by atoms with van der Waals surface area (Å²) in [5.74, 6) is 1.59. The second kappa shape index (κ2) is 13.8. The van der Waals surface area contributed by atoms with Crippen LogP contribution in [0.15, 0.2) is 42.5 Å². The normalized spacial score (nSPS) is 11.3. The molecule has 180 valence electrons. The molecule has 7 heteroatoms. The van der Waals surface area contributed by atoms with Crippen LogP contribution in [-0.2, 0) is 5.41 Å². The zero-order chi connectivity index (χ0) is 22.3. The Bertz CT molecular complexity index is 1030. The Balaban J connectivity index is 0.00000272. The van der Waals surface area contributed by atoms with Gasteiger partial charge in [0.1, 0.15) is 5.82 Å². The van der Waals surface area contributed by atoms with Crippen LogP contribution in [0.25, 0.3) is 23.1 Å². The van der Waals surface area contributed by atoms with E-state index in [2.05, 4.69) is 44.3 Å². The molecule has 4 nitrogen and oxygen atoms in total. The minimum atomic E-state index is 0. The van der Waals surface area contributed by atoms with Crippen LogP contribution < -0.4 is 11.1 Å². The van der Waals surface area contributed by atoms with Crippen LogP contribution in [-0.4, -0.2) is 23.1 Å². The Morgan fingerprint density at radius 1 is 0.909 bits per heavy atom. The van der Waals surface area contributed by atoms with Crippen LogP contribution in [0.4, 0.5) is 5.82 Å². The maximum absolute atomic E-state index is 5.98. The van der Waals surface area contributed by atoms with Crippen molar-refractivity contribution in [3.8, 4) is 0 Å². The summed E-state index contributed by atoms with van der Waals surface area (Å²) < 4.78 is 0. The number of anilines is 1. The molecule has 33 heavy (non-hydrogen) atoms. The highest BCUT2D eigenvalue weighted by Crippen LogP contribution is 2.29. The van der Waals surface area contributed by atoms with Crippen LogP contribution in [0.5, 0.6) is 0 Å². The highest BCUT2D eigenvalue weighted by atomic mass is 35.5. The lowest BCUT2D eigenvalue weighted by Crippen LogP contribution is -2.12. The molecule has 3 N–H and O–H groups in total. The van der Waals surface area contributed by atoms with Gasteiger partial charge in [-0.05, 0) is 66.3 Å². The Labute approximate surface area is 215 Å². The van der Waals surface area contributed by atoms with E-state index in [0.717, 1.165) is 53.2 Å². The lowest BCUT2D eigenvalue weighted by Gasteiger charge is -2.20. The van der Waals surface area contributed by atoms with Gasteiger partial charge in [0, 0.05) is 17.0 Å². The fourth-order valence-corrected chi connectivity index (χ4v) is 3.52. The number of unbranched alkanes of at least 4 members (excludes halogenated alkanes) is 3. The highest BCUT2D eigenvalue weighted by Gasteiger charge is 2.16. The number of halogens is 3. The van der Waals surface area contributed by atoms with E-state index in [4.69, 9.17) is 27.3 Å². The Morgan fingerprint density at radius 2 is 1.61 bits per heavy atom. The molecule has 0 aliphatic carbocycles. The third-order valence-corrected chi connectivity index (χ3v) is 5.55. The van der Waals surface area contributed by atoms with E-state index in [-0.39, 0.29) is 30.2 Å². The van der Waals surface area contributed by atoms with Crippen molar-refractivity contribution in [3.63, 3.8) is 0 Å². The first kappa shape index (κ1) is 29.2. The highest BCUT2D eigenvalue weighted by molar-refractivity contribution is 6.30. The Hall–Kier alpha value is -1.85. The van der Waals surface area contributed by atoms with Crippen LogP contribution in [0.1, 0.15) is 63.4 Å². The number of hydrogen-bond donors (Lipinski definition) is 2. The molecule has 0 fully saturated rings. The maximum atomic E-state index is 5.98. The SMILES string of the molecule is CC(C)(C)c1ccc2nc(/C=C/c3ccc(Cl)cc3)nc(NCCCCCCN)c2c1.Cl.Cl. The van der Waals surface area contributed by atoms with E-state index >= 15 is 0 Å². The fraction of sp³-hybridized carbons (Fsp3) is 0.385. The van der Waals surface area contributed by atoms with E-state index < -0.39 is 0 Å². The summed E-state index contributed by atoms with van der Waals surface area (Å²) in [5, 5.41) is 5.35. The quantitative estimate of drug-likeness (QED) is 0.293. The Morgan fingerprint density at radius 3 is 2.27 bits per heavy atom.